The molecular formula is C15H21N7O2. The average Bonchev–Trinajstić information content (AvgIpc) is 3.09. The second-order valence-corrected chi connectivity index (χ2v) is 5.80. The van der Waals surface area contributed by atoms with Gasteiger partial charge in [0.2, 0.25) is 11.9 Å². The zero-order chi connectivity index (χ0) is 16.4. The van der Waals surface area contributed by atoms with Crippen LogP contribution >= 0.6 is 0 Å². The molecule has 128 valence electrons. The average molecular weight is 331 g/mol. The molecule has 9 heteroatoms. The number of ether oxygens (including phenoxy) is 2. The molecule has 0 unspecified atom stereocenters. The zero-order valence-electron chi connectivity index (χ0n) is 13.8. The molecule has 2 aliphatic rings. The zero-order valence-corrected chi connectivity index (χ0v) is 13.8. The molecule has 4 rings (SSSR count). The van der Waals surface area contributed by atoms with E-state index in [1.165, 1.54) is 0 Å². The normalized spacial score (nSPS) is 18.9. The van der Waals surface area contributed by atoms with Crippen LogP contribution in [0.3, 0.4) is 0 Å². The molecule has 24 heavy (non-hydrogen) atoms. The van der Waals surface area contributed by atoms with E-state index >= 15 is 0 Å². The molecule has 2 aromatic heterocycles. The number of morpholine rings is 2. The van der Waals surface area contributed by atoms with Gasteiger partial charge in [-0.05, 0) is 6.07 Å². The van der Waals surface area contributed by atoms with Gasteiger partial charge in [0.15, 0.2) is 5.82 Å². The van der Waals surface area contributed by atoms with Crippen LogP contribution in [-0.4, -0.2) is 77.3 Å². The molecule has 2 fully saturated rings. The third-order valence-corrected chi connectivity index (χ3v) is 4.25. The topological polar surface area (TPSA) is 81.4 Å². The quantitative estimate of drug-likeness (QED) is 0.774. The summed E-state index contributed by atoms with van der Waals surface area (Å²) in [5.74, 6) is 2.05. The summed E-state index contributed by atoms with van der Waals surface area (Å²) in [6.45, 7) is 5.93. The van der Waals surface area contributed by atoms with Crippen LogP contribution in [0.4, 0.5) is 11.9 Å². The lowest BCUT2D eigenvalue weighted by Crippen LogP contribution is -2.40. The maximum Gasteiger partial charge on any atom is 0.230 e. The van der Waals surface area contributed by atoms with Crippen LogP contribution < -0.4 is 9.80 Å². The molecule has 0 spiro atoms. The van der Waals surface area contributed by atoms with Gasteiger partial charge in [-0.25, -0.2) is 0 Å². The van der Waals surface area contributed by atoms with E-state index in [4.69, 9.17) is 14.5 Å². The Hall–Kier alpha value is -2.26. The van der Waals surface area contributed by atoms with Gasteiger partial charge in [-0.1, -0.05) is 0 Å². The molecule has 2 aliphatic heterocycles. The highest BCUT2D eigenvalue weighted by atomic mass is 16.5. The van der Waals surface area contributed by atoms with E-state index in [0.717, 1.165) is 31.9 Å². The molecule has 0 atom stereocenters. The lowest BCUT2D eigenvalue weighted by atomic mass is 10.4. The SMILES string of the molecule is Cn1nccc1-c1nc(N2CCOCC2)nc(N2CCOCC2)n1. The van der Waals surface area contributed by atoms with E-state index < -0.39 is 0 Å². The van der Waals surface area contributed by atoms with Crippen molar-refractivity contribution in [2.45, 2.75) is 0 Å². The third-order valence-electron chi connectivity index (χ3n) is 4.25. The van der Waals surface area contributed by atoms with Gasteiger partial charge in [0.05, 0.1) is 26.4 Å². The van der Waals surface area contributed by atoms with Crippen LogP contribution in [0, 0.1) is 0 Å². The monoisotopic (exact) mass is 331 g/mol. The first kappa shape index (κ1) is 15.3. The molecule has 2 aromatic rings. The van der Waals surface area contributed by atoms with Crippen LogP contribution in [0.25, 0.3) is 11.5 Å². The number of hydrogen-bond acceptors (Lipinski definition) is 8. The van der Waals surface area contributed by atoms with E-state index in [-0.39, 0.29) is 0 Å². The Balaban J connectivity index is 1.73. The number of nitrogens with zero attached hydrogens (tertiary/aromatic N) is 7. The summed E-state index contributed by atoms with van der Waals surface area (Å²) in [6, 6.07) is 1.92. The number of rotatable bonds is 3. The van der Waals surface area contributed by atoms with Gasteiger partial charge in [-0.15, -0.1) is 0 Å². The Morgan fingerprint density at radius 2 is 1.38 bits per heavy atom. The largest absolute Gasteiger partial charge is 0.378 e. The molecule has 0 bridgehead atoms. The lowest BCUT2D eigenvalue weighted by molar-refractivity contribution is 0.121. The first-order valence-electron chi connectivity index (χ1n) is 8.21. The third kappa shape index (κ3) is 3.04. The minimum atomic E-state index is 0.646. The van der Waals surface area contributed by atoms with Gasteiger partial charge in [-0.2, -0.15) is 20.1 Å². The first-order valence-corrected chi connectivity index (χ1v) is 8.21. The summed E-state index contributed by atoms with van der Waals surface area (Å²) in [5.41, 5.74) is 0.876. The summed E-state index contributed by atoms with van der Waals surface area (Å²) in [7, 11) is 1.89. The van der Waals surface area contributed by atoms with Gasteiger partial charge in [-0.3, -0.25) is 4.68 Å². The molecule has 0 N–H and O–H groups in total. The van der Waals surface area contributed by atoms with Crippen LogP contribution in [0.1, 0.15) is 0 Å². The number of aryl methyl sites for hydroxylation is 1. The summed E-state index contributed by atoms with van der Waals surface area (Å²) in [5, 5.41) is 4.23. The van der Waals surface area contributed by atoms with Gasteiger partial charge < -0.3 is 19.3 Å². The van der Waals surface area contributed by atoms with Crippen LogP contribution in [0.2, 0.25) is 0 Å². The number of hydrogen-bond donors (Lipinski definition) is 0. The van der Waals surface area contributed by atoms with Gasteiger partial charge in [0.1, 0.15) is 5.69 Å². The summed E-state index contributed by atoms with van der Waals surface area (Å²) >= 11 is 0. The second-order valence-electron chi connectivity index (χ2n) is 5.80. The van der Waals surface area contributed by atoms with E-state index in [1.807, 2.05) is 13.1 Å². The fraction of sp³-hybridized carbons (Fsp3) is 0.600. The number of aromatic nitrogens is 5. The van der Waals surface area contributed by atoms with Crippen molar-refractivity contribution in [3.63, 3.8) is 0 Å². The Kier molecular flexibility index (Phi) is 4.26. The molecular weight excluding hydrogens is 310 g/mol. The van der Waals surface area contributed by atoms with E-state index in [9.17, 15) is 0 Å². The molecule has 9 nitrogen and oxygen atoms in total. The van der Waals surface area contributed by atoms with Crippen molar-refractivity contribution < 1.29 is 9.47 Å². The first-order chi connectivity index (χ1) is 11.8. The summed E-state index contributed by atoms with van der Waals surface area (Å²) in [6.07, 6.45) is 1.75. The maximum absolute atomic E-state index is 5.44. The highest BCUT2D eigenvalue weighted by molar-refractivity contribution is 5.54. The van der Waals surface area contributed by atoms with E-state index in [0.29, 0.717) is 44.1 Å². The Bertz CT molecular complexity index is 657. The molecule has 2 saturated heterocycles. The smallest absolute Gasteiger partial charge is 0.230 e. The molecule has 0 amide bonds. The molecule has 4 heterocycles. The van der Waals surface area contributed by atoms with Crippen molar-refractivity contribution in [2.75, 3.05) is 62.4 Å². The minimum Gasteiger partial charge on any atom is -0.378 e. The van der Waals surface area contributed by atoms with Gasteiger partial charge in [0.25, 0.3) is 0 Å². The van der Waals surface area contributed by atoms with Crippen molar-refractivity contribution in [2.24, 2.45) is 7.05 Å². The van der Waals surface area contributed by atoms with Crippen LogP contribution in [0.15, 0.2) is 12.3 Å². The fourth-order valence-electron chi connectivity index (χ4n) is 2.87. The van der Waals surface area contributed by atoms with Crippen LogP contribution in [-0.2, 0) is 16.5 Å². The molecule has 0 radical (unpaired) electrons. The van der Waals surface area contributed by atoms with E-state index in [2.05, 4.69) is 24.9 Å². The van der Waals surface area contributed by atoms with E-state index in [1.54, 1.807) is 10.9 Å². The summed E-state index contributed by atoms with van der Waals surface area (Å²) < 4.78 is 12.7. The highest BCUT2D eigenvalue weighted by Crippen LogP contribution is 2.22. The van der Waals surface area contributed by atoms with Crippen molar-refractivity contribution >= 4 is 11.9 Å². The fourth-order valence-corrected chi connectivity index (χ4v) is 2.87. The number of anilines is 2. The lowest BCUT2D eigenvalue weighted by Gasteiger charge is -2.30. The van der Waals surface area contributed by atoms with Gasteiger partial charge >= 0.3 is 0 Å². The van der Waals surface area contributed by atoms with Crippen molar-refractivity contribution in [3.8, 4) is 11.5 Å². The van der Waals surface area contributed by atoms with Crippen molar-refractivity contribution in [1.29, 1.82) is 0 Å². The standard InChI is InChI=1S/C15H21N7O2/c1-20-12(2-3-16-20)13-17-14(21-4-8-23-9-5-21)19-15(18-13)22-6-10-24-11-7-22/h2-3H,4-11H2,1H3. The minimum absolute atomic E-state index is 0.646. The van der Waals surface area contributed by atoms with Crippen molar-refractivity contribution in [3.05, 3.63) is 12.3 Å². The Morgan fingerprint density at radius 3 is 1.83 bits per heavy atom. The molecule has 0 aliphatic carbocycles. The second kappa shape index (κ2) is 6.70. The Morgan fingerprint density at radius 1 is 0.833 bits per heavy atom. The molecule has 0 saturated carbocycles. The van der Waals surface area contributed by atoms with Gasteiger partial charge in [0, 0.05) is 39.4 Å². The highest BCUT2D eigenvalue weighted by Gasteiger charge is 2.21. The predicted molar refractivity (Wildman–Crippen MR) is 88.1 cm³/mol. The Labute approximate surface area is 140 Å². The predicted octanol–water partition coefficient (Wildman–Crippen LogP) is -0.0547. The maximum atomic E-state index is 5.44. The summed E-state index contributed by atoms with van der Waals surface area (Å²) in [4.78, 5) is 18.4. The van der Waals surface area contributed by atoms with Crippen LogP contribution in [0.5, 0.6) is 0 Å². The van der Waals surface area contributed by atoms with Crippen molar-refractivity contribution in [1.82, 2.24) is 24.7 Å². The molecule has 0 aromatic carbocycles.